The highest BCUT2D eigenvalue weighted by Gasteiger charge is 2.32. The summed E-state index contributed by atoms with van der Waals surface area (Å²) >= 11 is 0. The van der Waals surface area contributed by atoms with Gasteiger partial charge in [-0.1, -0.05) is 358 Å². The van der Waals surface area contributed by atoms with Crippen molar-refractivity contribution in [1.29, 1.82) is 0 Å². The Morgan fingerprint density at radius 2 is 0.547 bits per heavy atom. The van der Waals surface area contributed by atoms with Crippen LogP contribution in [-0.2, 0) is 0 Å². The summed E-state index contributed by atoms with van der Waals surface area (Å²) < 4.78 is 0. The summed E-state index contributed by atoms with van der Waals surface area (Å²) in [6.45, 7) is 0. The van der Waals surface area contributed by atoms with Gasteiger partial charge in [0.15, 0.2) is 11.6 Å². The van der Waals surface area contributed by atoms with Crippen LogP contribution in [0.3, 0.4) is 0 Å². The average molecular weight is 1620 g/mol. The van der Waals surface area contributed by atoms with E-state index in [0.717, 1.165) is 34.0 Å². The lowest BCUT2D eigenvalue weighted by Gasteiger charge is -2.14. The zero-order valence-electron chi connectivity index (χ0n) is 69.4. The largest absolute Gasteiger partial charge is 0.264 e. The summed E-state index contributed by atoms with van der Waals surface area (Å²) in [6.07, 6.45) is 9.35. The molecule has 28 rings (SSSR count). The van der Waals surface area contributed by atoms with Gasteiger partial charge in [-0.3, -0.25) is 4.98 Å². The molecule has 0 aliphatic heterocycles. The number of nitrogens with zero attached hydrogens (tertiary/aromatic N) is 5. The maximum Gasteiger partial charge on any atom is 0.160 e. The highest BCUT2D eigenvalue weighted by Crippen LogP contribution is 2.59. The Morgan fingerprint density at radius 3 is 1.16 bits per heavy atom. The Hall–Kier alpha value is -17.0. The first kappa shape index (κ1) is 72.6. The molecule has 3 aromatic heterocycles. The Labute approximate surface area is 738 Å². The van der Waals surface area contributed by atoms with Crippen molar-refractivity contribution >= 4 is 118 Å². The van der Waals surface area contributed by atoms with Gasteiger partial charge in [0, 0.05) is 53.1 Å². The SMILES string of the molecule is c1ccc(-c2cc(-c3ccc4c5c(cccc35)-c3c-4c4ccccc4c4ccccc34)cc3ccncc23)cc1.c1ccc(-c2ccc3c(-c4ccnc(-c5ccc6c7c(cccc57)-c5c-6c6ccccc6c6ccccc56)n4)cccc3c2)cc1.c1cnc(-c2ccc3c(-c4cccc(-c5ccc6c7c(cccc57)-c5c-6ccc6ccccc56)c4)cccc3c2)nc1. The summed E-state index contributed by atoms with van der Waals surface area (Å²) in [4.78, 5) is 23.4. The molecule has 5 nitrogen and oxygen atoms in total. The number of rotatable bonds is 8. The van der Waals surface area contributed by atoms with E-state index >= 15 is 0 Å². The van der Waals surface area contributed by atoms with E-state index in [1.165, 1.54) is 241 Å². The molecule has 0 amide bonds. The smallest absolute Gasteiger partial charge is 0.160 e. The van der Waals surface area contributed by atoms with E-state index in [0.29, 0.717) is 0 Å². The van der Waals surface area contributed by atoms with Crippen LogP contribution in [0.1, 0.15) is 0 Å². The van der Waals surface area contributed by atoms with Crippen molar-refractivity contribution in [2.45, 2.75) is 0 Å². The molecule has 0 bridgehead atoms. The minimum absolute atomic E-state index is 0.741. The fraction of sp³-hybridized carbons (Fsp3) is 0. The number of fused-ring (bicyclic) bond motifs is 24. The first-order chi connectivity index (χ1) is 63.5. The zero-order chi connectivity index (χ0) is 84.0. The molecule has 3 heterocycles. The average Bonchev–Trinajstić information content (AvgIpc) is 1.50. The Kier molecular flexibility index (Phi) is 16.7. The van der Waals surface area contributed by atoms with Crippen LogP contribution < -0.4 is 0 Å². The van der Waals surface area contributed by atoms with Crippen molar-refractivity contribution in [3.05, 3.63) is 443 Å². The number of benzene rings is 22. The molecule has 590 valence electrons. The number of hydrogen-bond acceptors (Lipinski definition) is 5. The summed E-state index contributed by atoms with van der Waals surface area (Å²) in [5.41, 5.74) is 32.3. The summed E-state index contributed by atoms with van der Waals surface area (Å²) in [7, 11) is 0. The van der Waals surface area contributed by atoms with Gasteiger partial charge in [-0.25, -0.2) is 19.9 Å². The number of pyridine rings is 1. The fourth-order valence-electron chi connectivity index (χ4n) is 21.5. The topological polar surface area (TPSA) is 64.5 Å². The van der Waals surface area contributed by atoms with Crippen LogP contribution >= 0.6 is 0 Å². The Morgan fingerprint density at radius 1 is 0.148 bits per heavy atom. The zero-order valence-corrected chi connectivity index (χ0v) is 69.4. The lowest BCUT2D eigenvalue weighted by atomic mass is 9.89. The molecule has 0 saturated heterocycles. The molecule has 0 radical (unpaired) electrons. The molecule has 0 fully saturated rings. The fourth-order valence-corrected chi connectivity index (χ4v) is 21.5. The minimum atomic E-state index is 0.741. The normalized spacial score (nSPS) is 11.9. The van der Waals surface area contributed by atoms with Crippen molar-refractivity contribution in [2.24, 2.45) is 0 Å². The quantitative estimate of drug-likeness (QED) is 0.142. The highest BCUT2D eigenvalue weighted by molar-refractivity contribution is 6.34. The predicted octanol–water partition coefficient (Wildman–Crippen LogP) is 33.0. The molecule has 25 aromatic rings. The lowest BCUT2D eigenvalue weighted by molar-refractivity contribution is 1.18. The summed E-state index contributed by atoms with van der Waals surface area (Å²) in [6, 6.07) is 150. The van der Waals surface area contributed by atoms with Crippen molar-refractivity contribution in [2.75, 3.05) is 0 Å². The van der Waals surface area contributed by atoms with Gasteiger partial charge in [0.1, 0.15) is 0 Å². The molecular formula is C123H73N5. The second-order valence-electron chi connectivity index (χ2n) is 33.8. The molecule has 3 aliphatic rings. The first-order valence-electron chi connectivity index (χ1n) is 43.9. The van der Waals surface area contributed by atoms with Crippen molar-refractivity contribution in [3.63, 3.8) is 0 Å². The van der Waals surface area contributed by atoms with Crippen LogP contribution in [0.25, 0.3) is 275 Å². The van der Waals surface area contributed by atoms with Gasteiger partial charge < -0.3 is 0 Å². The van der Waals surface area contributed by atoms with Crippen molar-refractivity contribution in [3.8, 4) is 156 Å². The molecule has 5 heteroatoms. The first-order valence-corrected chi connectivity index (χ1v) is 43.9. The van der Waals surface area contributed by atoms with E-state index in [4.69, 9.17) is 9.97 Å². The van der Waals surface area contributed by atoms with Crippen molar-refractivity contribution < 1.29 is 0 Å². The Balaban J connectivity index is 0.000000102. The van der Waals surface area contributed by atoms with Gasteiger partial charge in [0.2, 0.25) is 0 Å². The van der Waals surface area contributed by atoms with Crippen LogP contribution in [0.2, 0.25) is 0 Å². The van der Waals surface area contributed by atoms with E-state index in [2.05, 4.69) is 415 Å². The van der Waals surface area contributed by atoms with Crippen LogP contribution in [0.5, 0.6) is 0 Å². The molecule has 3 aliphatic carbocycles. The minimum Gasteiger partial charge on any atom is -0.264 e. The van der Waals surface area contributed by atoms with Crippen LogP contribution in [-0.4, -0.2) is 24.9 Å². The highest BCUT2D eigenvalue weighted by atomic mass is 14.9. The molecule has 0 saturated carbocycles. The monoisotopic (exact) mass is 1620 g/mol. The Bertz CT molecular complexity index is 8870. The maximum atomic E-state index is 5.21. The van der Waals surface area contributed by atoms with Gasteiger partial charge in [0.05, 0.1) is 5.69 Å². The summed E-state index contributed by atoms with van der Waals surface area (Å²) in [5, 5.41) is 28.0. The third-order valence-electron chi connectivity index (χ3n) is 27.1. The van der Waals surface area contributed by atoms with Gasteiger partial charge in [-0.2, -0.15) is 0 Å². The van der Waals surface area contributed by atoms with Crippen molar-refractivity contribution in [1.82, 2.24) is 24.9 Å². The maximum absolute atomic E-state index is 5.21. The van der Waals surface area contributed by atoms with E-state index < -0.39 is 0 Å². The molecule has 128 heavy (non-hydrogen) atoms. The number of aromatic nitrogens is 5. The standard InChI is InChI=1S/C44H26N2.C40H24N2.C39H23N/c1-2-10-27(11-3-1)28-20-21-30-29(26-28)12-8-17-33(30)40-24-25-45-44(46-40)37-22-23-39-41-36(37)18-9-19-38(41)42-34-15-6-4-13-31(34)32-14-5-7-16-35(32)43(39)42;1-2-11-33-25(7-1)15-18-35-36-20-19-32(34-13-5-14-37(38(33)35)39(34)36)27-9-3-8-26(23-27)30-12-4-10-28-24-29(16-17-31(28)30)40-41-21-6-22-42-40;1-2-9-24(10-3-1)35-22-26(21-25-19-20-40-23-36(25)35)27-17-18-34-37-30(27)15-8-16-33(37)38-31-13-6-4-11-28(31)29-12-5-7-14-32(29)39(34)38/h1-26H;1-24H;1-23H. The van der Waals surface area contributed by atoms with Crippen LogP contribution in [0.15, 0.2) is 443 Å². The van der Waals surface area contributed by atoms with Gasteiger partial charge in [-0.05, 0) is 290 Å². The lowest BCUT2D eigenvalue weighted by Crippen LogP contribution is -1.94. The van der Waals surface area contributed by atoms with Crippen LogP contribution in [0.4, 0.5) is 0 Å². The van der Waals surface area contributed by atoms with Gasteiger partial charge in [0.25, 0.3) is 0 Å². The van der Waals surface area contributed by atoms with E-state index in [1.54, 1.807) is 12.4 Å². The molecule has 0 unspecified atom stereocenters. The molecule has 0 spiro atoms. The second-order valence-corrected chi connectivity index (χ2v) is 33.8. The van der Waals surface area contributed by atoms with Gasteiger partial charge >= 0.3 is 0 Å². The third-order valence-corrected chi connectivity index (χ3v) is 27.1. The molecule has 0 N–H and O–H groups in total. The van der Waals surface area contributed by atoms with E-state index in [-0.39, 0.29) is 0 Å². The summed E-state index contributed by atoms with van der Waals surface area (Å²) in [5.74, 6) is 1.48. The van der Waals surface area contributed by atoms with Gasteiger partial charge in [-0.15, -0.1) is 0 Å². The van der Waals surface area contributed by atoms with Crippen LogP contribution in [0, 0.1) is 0 Å². The second kappa shape index (κ2) is 29.4. The molecule has 0 atom stereocenters. The van der Waals surface area contributed by atoms with E-state index in [9.17, 15) is 0 Å². The van der Waals surface area contributed by atoms with E-state index in [1.807, 2.05) is 30.7 Å². The predicted molar refractivity (Wildman–Crippen MR) is 538 cm³/mol. The third kappa shape index (κ3) is 11.5. The molecule has 22 aromatic carbocycles. The molecular weight excluding hydrogens is 1550 g/mol. The number of hydrogen-bond donors (Lipinski definition) is 0.